The molecule has 0 atom stereocenters. The summed E-state index contributed by atoms with van der Waals surface area (Å²) >= 11 is 0. The van der Waals surface area contributed by atoms with Crippen LogP contribution in [0.4, 0.5) is 13.2 Å². The van der Waals surface area contributed by atoms with Crippen LogP contribution in [-0.4, -0.2) is 14.1 Å². The number of benzene rings is 2. The van der Waals surface area contributed by atoms with E-state index < -0.39 is 21.8 Å². The highest BCUT2D eigenvalue weighted by atomic mass is 32.2. The van der Waals surface area contributed by atoms with Gasteiger partial charge in [-0.15, -0.1) is 0 Å². The second-order valence-electron chi connectivity index (χ2n) is 6.18. The second kappa shape index (κ2) is 7.96. The molecule has 2 rings (SSSR count). The summed E-state index contributed by atoms with van der Waals surface area (Å²) in [6.07, 6.45) is -4.24. The number of allylic oxidation sites excluding steroid dienone is 1. The fraction of sp³-hybridized carbons (Fsp3) is 0.211. The number of nitrogens with one attached hydrogen (secondary N) is 1. The molecule has 0 radical (unpaired) electrons. The molecular weight excluding hydrogens is 377 g/mol. The van der Waals surface area contributed by atoms with Crippen molar-refractivity contribution >= 4 is 15.7 Å². The molecule has 0 bridgehead atoms. The van der Waals surface area contributed by atoms with Gasteiger partial charge in [0, 0.05) is 6.42 Å². The summed E-state index contributed by atoms with van der Waals surface area (Å²) < 4.78 is 62.9. The highest BCUT2D eigenvalue weighted by molar-refractivity contribution is 7.89. The third-order valence-electron chi connectivity index (χ3n) is 3.65. The summed E-state index contributed by atoms with van der Waals surface area (Å²) in [6.45, 7) is 7.30. The SMILES string of the molecule is C=C(C)C/C(=N\NS(=O)(=O)c1ccc(C)cc1)c1ccc(C(F)(F)F)cc1. The van der Waals surface area contributed by atoms with Crippen molar-refractivity contribution in [2.45, 2.75) is 31.3 Å². The van der Waals surface area contributed by atoms with E-state index >= 15 is 0 Å². The van der Waals surface area contributed by atoms with Gasteiger partial charge in [-0.2, -0.15) is 31.5 Å². The van der Waals surface area contributed by atoms with Gasteiger partial charge in [0.05, 0.1) is 16.2 Å². The molecule has 4 nitrogen and oxygen atoms in total. The molecule has 27 heavy (non-hydrogen) atoms. The van der Waals surface area contributed by atoms with E-state index in [1.165, 1.54) is 24.3 Å². The number of sulfonamides is 1. The topological polar surface area (TPSA) is 58.5 Å². The Labute approximate surface area is 156 Å². The lowest BCUT2D eigenvalue weighted by Crippen LogP contribution is -2.21. The zero-order valence-corrected chi connectivity index (χ0v) is 15.7. The number of rotatable bonds is 6. The van der Waals surface area contributed by atoms with E-state index in [9.17, 15) is 21.6 Å². The molecular formula is C19H19F3N2O2S. The van der Waals surface area contributed by atoms with Crippen LogP contribution in [0, 0.1) is 6.92 Å². The molecule has 0 aromatic heterocycles. The first-order chi connectivity index (χ1) is 12.5. The average Bonchev–Trinajstić information content (AvgIpc) is 2.58. The molecule has 0 fully saturated rings. The van der Waals surface area contributed by atoms with Crippen LogP contribution < -0.4 is 4.83 Å². The van der Waals surface area contributed by atoms with Crippen molar-refractivity contribution in [3.63, 3.8) is 0 Å². The lowest BCUT2D eigenvalue weighted by atomic mass is 10.0. The summed E-state index contributed by atoms with van der Waals surface area (Å²) in [5.41, 5.74) is 1.44. The Balaban J connectivity index is 2.33. The van der Waals surface area contributed by atoms with Crippen molar-refractivity contribution in [2.75, 3.05) is 0 Å². The summed E-state index contributed by atoms with van der Waals surface area (Å²) in [4.78, 5) is 2.18. The number of hydrazone groups is 1. The Bertz CT molecular complexity index is 946. The summed E-state index contributed by atoms with van der Waals surface area (Å²) in [5, 5.41) is 3.93. The quantitative estimate of drug-likeness (QED) is 0.439. The summed E-state index contributed by atoms with van der Waals surface area (Å²) in [7, 11) is -3.89. The van der Waals surface area contributed by atoms with Crippen LogP contribution in [0.3, 0.4) is 0 Å². The molecule has 0 unspecified atom stereocenters. The van der Waals surface area contributed by atoms with Crippen LogP contribution in [0.5, 0.6) is 0 Å². The van der Waals surface area contributed by atoms with Gasteiger partial charge in [-0.1, -0.05) is 42.0 Å². The largest absolute Gasteiger partial charge is 0.416 e. The van der Waals surface area contributed by atoms with E-state index in [-0.39, 0.29) is 17.0 Å². The number of aryl methyl sites for hydroxylation is 1. The fourth-order valence-electron chi connectivity index (χ4n) is 2.23. The zero-order valence-electron chi connectivity index (χ0n) is 14.8. The normalized spacial score (nSPS) is 12.7. The van der Waals surface area contributed by atoms with Crippen molar-refractivity contribution in [2.24, 2.45) is 5.10 Å². The van der Waals surface area contributed by atoms with E-state index in [0.29, 0.717) is 11.1 Å². The Kier molecular flexibility index (Phi) is 6.10. The molecule has 0 heterocycles. The molecule has 0 aliphatic heterocycles. The van der Waals surface area contributed by atoms with Crippen LogP contribution in [0.25, 0.3) is 0 Å². The molecule has 1 N–H and O–H groups in total. The fourth-order valence-corrected chi connectivity index (χ4v) is 3.06. The molecule has 8 heteroatoms. The Hall–Kier alpha value is -2.61. The lowest BCUT2D eigenvalue weighted by Gasteiger charge is -2.11. The minimum Gasteiger partial charge on any atom is -0.200 e. The first-order valence-electron chi connectivity index (χ1n) is 7.96. The van der Waals surface area contributed by atoms with E-state index in [1.807, 2.05) is 6.92 Å². The first-order valence-corrected chi connectivity index (χ1v) is 9.44. The predicted molar refractivity (Wildman–Crippen MR) is 98.9 cm³/mol. The van der Waals surface area contributed by atoms with Gasteiger partial charge in [0.2, 0.25) is 0 Å². The molecule has 0 saturated heterocycles. The third kappa shape index (κ3) is 5.68. The minimum absolute atomic E-state index is 0.0407. The number of hydrogen-bond donors (Lipinski definition) is 1. The van der Waals surface area contributed by atoms with Crippen molar-refractivity contribution in [1.82, 2.24) is 4.83 Å². The monoisotopic (exact) mass is 396 g/mol. The van der Waals surface area contributed by atoms with Crippen LogP contribution in [-0.2, 0) is 16.2 Å². The maximum Gasteiger partial charge on any atom is 0.416 e. The molecule has 2 aromatic rings. The average molecular weight is 396 g/mol. The first kappa shape index (κ1) is 20.7. The minimum atomic E-state index is -4.45. The maximum atomic E-state index is 12.7. The van der Waals surface area contributed by atoms with Gasteiger partial charge in [0.1, 0.15) is 0 Å². The van der Waals surface area contributed by atoms with Gasteiger partial charge >= 0.3 is 6.18 Å². The Morgan fingerprint density at radius 3 is 2.11 bits per heavy atom. The Morgan fingerprint density at radius 2 is 1.63 bits per heavy atom. The standard InChI is InChI=1S/C19H19F3N2O2S/c1-13(2)12-18(15-6-8-16(9-7-15)19(20,21)22)23-24-27(25,26)17-10-4-14(3)5-11-17/h4-11,24H,1,12H2,2-3H3/b23-18+. The third-order valence-corrected chi connectivity index (χ3v) is 4.87. The highest BCUT2D eigenvalue weighted by Crippen LogP contribution is 2.29. The van der Waals surface area contributed by atoms with Crippen molar-refractivity contribution in [3.05, 3.63) is 77.4 Å². The van der Waals surface area contributed by atoms with Gasteiger partial charge < -0.3 is 0 Å². The highest BCUT2D eigenvalue weighted by Gasteiger charge is 2.30. The number of nitrogens with zero attached hydrogens (tertiary/aromatic N) is 1. The number of halogens is 3. The summed E-state index contributed by atoms with van der Waals surface area (Å²) in [5.74, 6) is 0. The van der Waals surface area contributed by atoms with Crippen molar-refractivity contribution in [1.29, 1.82) is 0 Å². The van der Waals surface area contributed by atoms with E-state index in [0.717, 1.165) is 17.7 Å². The van der Waals surface area contributed by atoms with Crippen LogP contribution in [0.2, 0.25) is 0 Å². The van der Waals surface area contributed by atoms with Gasteiger partial charge in [-0.3, -0.25) is 0 Å². The summed E-state index contributed by atoms with van der Waals surface area (Å²) in [6, 6.07) is 10.6. The Morgan fingerprint density at radius 1 is 1.07 bits per heavy atom. The van der Waals surface area contributed by atoms with Gasteiger partial charge in [0.15, 0.2) is 0 Å². The van der Waals surface area contributed by atoms with Crippen molar-refractivity contribution < 1.29 is 21.6 Å². The van der Waals surface area contributed by atoms with Crippen LogP contribution in [0.1, 0.15) is 30.0 Å². The van der Waals surface area contributed by atoms with Crippen molar-refractivity contribution in [3.8, 4) is 0 Å². The zero-order chi connectivity index (χ0) is 20.2. The second-order valence-corrected chi connectivity index (χ2v) is 7.84. The number of alkyl halides is 3. The van der Waals surface area contributed by atoms with E-state index in [2.05, 4.69) is 16.5 Å². The lowest BCUT2D eigenvalue weighted by molar-refractivity contribution is -0.137. The molecule has 0 aliphatic carbocycles. The van der Waals surface area contributed by atoms with Crippen LogP contribution >= 0.6 is 0 Å². The smallest absolute Gasteiger partial charge is 0.200 e. The maximum absolute atomic E-state index is 12.7. The predicted octanol–water partition coefficient (Wildman–Crippen LogP) is 4.66. The molecule has 2 aromatic carbocycles. The number of hydrogen-bond acceptors (Lipinski definition) is 3. The van der Waals surface area contributed by atoms with Gasteiger partial charge in [-0.05, 0) is 43.7 Å². The molecule has 0 aliphatic rings. The van der Waals surface area contributed by atoms with Gasteiger partial charge in [-0.25, -0.2) is 0 Å². The molecule has 144 valence electrons. The van der Waals surface area contributed by atoms with E-state index in [1.54, 1.807) is 19.1 Å². The molecule has 0 amide bonds. The van der Waals surface area contributed by atoms with Gasteiger partial charge in [0.25, 0.3) is 10.0 Å². The molecule has 0 spiro atoms. The van der Waals surface area contributed by atoms with E-state index in [4.69, 9.17) is 0 Å². The van der Waals surface area contributed by atoms with Crippen LogP contribution in [0.15, 0.2) is 70.7 Å². The molecule has 0 saturated carbocycles.